The van der Waals surface area contributed by atoms with E-state index in [0.29, 0.717) is 24.6 Å². The van der Waals surface area contributed by atoms with Crippen LogP contribution in [-0.2, 0) is 19.6 Å². The smallest absolute Gasteiger partial charge is 0.293 e. The quantitative estimate of drug-likeness (QED) is 0.292. The van der Waals surface area contributed by atoms with E-state index in [9.17, 15) is 14.4 Å². The monoisotopic (exact) mass is 504 g/mol. The number of Topliss-reactive ketones (excluding diaryl/α,β-unsaturated/α-hetero) is 1. The standard InChI is InChI=1S/C26H28N6O3S/c1-2-12-31-24(34)22-23(25(35)32(31)17-21(33)18-8-4-3-5-9-18)30(16-20-11-7-14-36-20)26(28-22)29-13-6-10-19(27)15-29/h2-5,7-9,11,14,19H,1,6,10,12-13,15-17,27H2. The Morgan fingerprint density at radius 2 is 1.94 bits per heavy atom. The molecule has 0 bridgehead atoms. The van der Waals surface area contributed by atoms with Crippen LogP contribution in [0.4, 0.5) is 5.95 Å². The summed E-state index contributed by atoms with van der Waals surface area (Å²) in [5, 5.41) is 1.97. The highest BCUT2D eigenvalue weighted by Crippen LogP contribution is 2.24. The first-order valence-corrected chi connectivity index (χ1v) is 12.8. The van der Waals surface area contributed by atoms with E-state index >= 15 is 0 Å². The molecule has 1 atom stereocenters. The van der Waals surface area contributed by atoms with Crippen molar-refractivity contribution in [2.45, 2.75) is 38.5 Å². The Kier molecular flexibility index (Phi) is 6.71. The third-order valence-corrected chi connectivity index (χ3v) is 7.30. The van der Waals surface area contributed by atoms with Gasteiger partial charge in [-0.1, -0.05) is 42.5 Å². The first kappa shape index (κ1) is 24.0. The Hall–Kier alpha value is -3.76. The minimum Gasteiger partial charge on any atom is -0.341 e. The lowest BCUT2D eigenvalue weighted by molar-refractivity contribution is 0.0959. The fourth-order valence-corrected chi connectivity index (χ4v) is 5.42. The number of carbonyl (C=O) groups excluding carboxylic acids is 1. The lowest BCUT2D eigenvalue weighted by atomic mass is 10.1. The van der Waals surface area contributed by atoms with Gasteiger partial charge in [-0.3, -0.25) is 14.4 Å². The van der Waals surface area contributed by atoms with Crippen molar-refractivity contribution in [1.82, 2.24) is 18.9 Å². The van der Waals surface area contributed by atoms with Crippen LogP contribution in [0.15, 0.2) is 70.1 Å². The summed E-state index contributed by atoms with van der Waals surface area (Å²) >= 11 is 1.57. The van der Waals surface area contributed by atoms with Crippen LogP contribution in [0.5, 0.6) is 0 Å². The number of nitrogens with two attached hydrogens (primary N) is 1. The number of fused-ring (bicyclic) bond motifs is 1. The number of imidazole rings is 1. The van der Waals surface area contributed by atoms with E-state index in [4.69, 9.17) is 10.7 Å². The van der Waals surface area contributed by atoms with Crippen LogP contribution in [0.25, 0.3) is 11.0 Å². The SMILES string of the molecule is C=CCn1c(=O)c2nc(N3CCCC(N)C3)n(Cc3cccs3)c2c(=O)n1CC(=O)c1ccccc1. The maximum absolute atomic E-state index is 14.0. The fourth-order valence-electron chi connectivity index (χ4n) is 4.72. The number of allylic oxidation sites excluding steroid dienone is 1. The summed E-state index contributed by atoms with van der Waals surface area (Å²) in [6.07, 6.45) is 3.35. The van der Waals surface area contributed by atoms with Gasteiger partial charge in [0.25, 0.3) is 11.1 Å². The second-order valence-electron chi connectivity index (χ2n) is 8.95. The van der Waals surface area contributed by atoms with E-state index in [1.807, 2.05) is 28.1 Å². The first-order valence-electron chi connectivity index (χ1n) is 11.9. The van der Waals surface area contributed by atoms with Crippen LogP contribution in [0.3, 0.4) is 0 Å². The zero-order valence-corrected chi connectivity index (χ0v) is 20.7. The molecule has 3 aromatic heterocycles. The molecule has 0 radical (unpaired) electrons. The predicted octanol–water partition coefficient (Wildman–Crippen LogP) is 2.47. The molecule has 0 spiro atoms. The van der Waals surface area contributed by atoms with E-state index in [1.54, 1.807) is 35.6 Å². The molecule has 2 N–H and O–H groups in total. The minimum absolute atomic E-state index is 0.00803. The Bertz CT molecular complexity index is 1520. The molecule has 0 aliphatic carbocycles. The molecule has 0 saturated carbocycles. The predicted molar refractivity (Wildman–Crippen MR) is 142 cm³/mol. The third kappa shape index (κ3) is 4.45. The molecule has 1 aliphatic heterocycles. The molecule has 1 saturated heterocycles. The van der Waals surface area contributed by atoms with Crippen molar-refractivity contribution in [3.8, 4) is 0 Å². The molecular weight excluding hydrogens is 476 g/mol. The highest BCUT2D eigenvalue weighted by molar-refractivity contribution is 7.09. The van der Waals surface area contributed by atoms with E-state index in [-0.39, 0.29) is 35.9 Å². The largest absolute Gasteiger partial charge is 0.341 e. The molecule has 4 aromatic rings. The van der Waals surface area contributed by atoms with Gasteiger partial charge in [0.05, 0.1) is 13.1 Å². The van der Waals surface area contributed by atoms with E-state index in [2.05, 4.69) is 11.5 Å². The number of thiophene rings is 1. The van der Waals surface area contributed by atoms with Gasteiger partial charge in [0.2, 0.25) is 5.95 Å². The zero-order chi connectivity index (χ0) is 25.2. The van der Waals surface area contributed by atoms with E-state index in [1.165, 1.54) is 15.4 Å². The van der Waals surface area contributed by atoms with Gasteiger partial charge >= 0.3 is 0 Å². The highest BCUT2D eigenvalue weighted by Gasteiger charge is 2.27. The van der Waals surface area contributed by atoms with Gasteiger partial charge in [-0.25, -0.2) is 14.3 Å². The van der Waals surface area contributed by atoms with Crippen LogP contribution in [-0.4, -0.2) is 43.8 Å². The maximum atomic E-state index is 14.0. The summed E-state index contributed by atoms with van der Waals surface area (Å²) in [7, 11) is 0. The molecule has 1 aliphatic rings. The van der Waals surface area contributed by atoms with Crippen molar-refractivity contribution in [2.24, 2.45) is 5.73 Å². The van der Waals surface area contributed by atoms with Crippen molar-refractivity contribution in [1.29, 1.82) is 0 Å². The molecule has 1 aromatic carbocycles. The van der Waals surface area contributed by atoms with Crippen LogP contribution >= 0.6 is 11.3 Å². The molecule has 0 amide bonds. The topological polar surface area (TPSA) is 108 Å². The second kappa shape index (κ2) is 10.1. The number of carbonyl (C=O) groups is 1. The van der Waals surface area contributed by atoms with E-state index < -0.39 is 11.1 Å². The third-order valence-electron chi connectivity index (χ3n) is 6.44. The lowest BCUT2D eigenvalue weighted by Crippen LogP contribution is -2.44. The van der Waals surface area contributed by atoms with Gasteiger partial charge in [0.1, 0.15) is 12.1 Å². The van der Waals surface area contributed by atoms with Gasteiger partial charge in [-0.05, 0) is 24.3 Å². The summed E-state index contributed by atoms with van der Waals surface area (Å²) in [5.41, 5.74) is 6.13. The molecule has 10 heteroatoms. The number of ketones is 1. The first-order chi connectivity index (χ1) is 17.5. The van der Waals surface area contributed by atoms with Crippen LogP contribution in [0.2, 0.25) is 0 Å². The Morgan fingerprint density at radius 3 is 2.64 bits per heavy atom. The van der Waals surface area contributed by atoms with Crippen LogP contribution in [0, 0.1) is 0 Å². The van der Waals surface area contributed by atoms with Crippen molar-refractivity contribution < 1.29 is 4.79 Å². The zero-order valence-electron chi connectivity index (χ0n) is 19.9. The van der Waals surface area contributed by atoms with Gasteiger partial charge in [-0.15, -0.1) is 17.9 Å². The number of nitrogens with zero attached hydrogens (tertiary/aromatic N) is 5. The number of aromatic nitrogens is 4. The van der Waals surface area contributed by atoms with Gasteiger partial charge in [0.15, 0.2) is 11.3 Å². The molecular formula is C26H28N6O3S. The number of piperidine rings is 1. The molecule has 1 fully saturated rings. The van der Waals surface area contributed by atoms with E-state index in [0.717, 1.165) is 24.3 Å². The lowest BCUT2D eigenvalue weighted by Gasteiger charge is -2.31. The Balaban J connectivity index is 1.72. The fraction of sp³-hybridized carbons (Fsp3) is 0.308. The van der Waals surface area contributed by atoms with Crippen molar-refractivity contribution in [3.05, 3.63) is 91.6 Å². The van der Waals surface area contributed by atoms with Crippen molar-refractivity contribution in [2.75, 3.05) is 18.0 Å². The van der Waals surface area contributed by atoms with Crippen molar-refractivity contribution in [3.63, 3.8) is 0 Å². The van der Waals surface area contributed by atoms with Gasteiger partial charge < -0.3 is 15.2 Å². The minimum atomic E-state index is -0.438. The van der Waals surface area contributed by atoms with Gasteiger partial charge in [-0.2, -0.15) is 0 Å². The maximum Gasteiger partial charge on any atom is 0.293 e. The normalized spacial score (nSPS) is 15.9. The number of anilines is 1. The molecule has 4 heterocycles. The Morgan fingerprint density at radius 1 is 1.14 bits per heavy atom. The van der Waals surface area contributed by atoms with Crippen LogP contribution in [0.1, 0.15) is 28.1 Å². The molecule has 36 heavy (non-hydrogen) atoms. The number of hydrogen-bond donors (Lipinski definition) is 1. The molecule has 9 nitrogen and oxygen atoms in total. The number of benzene rings is 1. The number of rotatable bonds is 8. The number of hydrogen-bond acceptors (Lipinski definition) is 7. The summed E-state index contributed by atoms with van der Waals surface area (Å²) in [4.78, 5) is 48.5. The summed E-state index contributed by atoms with van der Waals surface area (Å²) < 4.78 is 4.29. The summed E-state index contributed by atoms with van der Waals surface area (Å²) in [5.74, 6) is 0.292. The van der Waals surface area contributed by atoms with Crippen molar-refractivity contribution >= 4 is 34.1 Å². The Labute approximate surface area is 211 Å². The summed E-state index contributed by atoms with van der Waals surface area (Å²) in [6, 6.07) is 12.7. The highest BCUT2D eigenvalue weighted by atomic mass is 32.1. The average molecular weight is 505 g/mol. The van der Waals surface area contributed by atoms with Gasteiger partial charge in [0, 0.05) is 29.6 Å². The summed E-state index contributed by atoms with van der Waals surface area (Å²) in [6.45, 7) is 5.27. The second-order valence-corrected chi connectivity index (χ2v) is 9.98. The average Bonchev–Trinajstić information content (AvgIpc) is 3.54. The van der Waals surface area contributed by atoms with Crippen LogP contribution < -0.4 is 21.8 Å². The molecule has 5 rings (SSSR count). The molecule has 186 valence electrons. The molecule has 1 unspecified atom stereocenters.